The van der Waals surface area contributed by atoms with Gasteiger partial charge in [0, 0.05) is 6.54 Å². The summed E-state index contributed by atoms with van der Waals surface area (Å²) >= 11 is 0. The molecule has 0 amide bonds. The molecule has 3 nitrogen and oxygen atoms in total. The van der Waals surface area contributed by atoms with Crippen LogP contribution in [0.5, 0.6) is 0 Å². The van der Waals surface area contributed by atoms with Crippen LogP contribution in [0.4, 0.5) is 15.8 Å². The Bertz CT molecular complexity index is 449. The van der Waals surface area contributed by atoms with Gasteiger partial charge in [0.15, 0.2) is 0 Å². The minimum absolute atomic E-state index is 0.113. The smallest absolute Gasteiger partial charge is 0.148 e. The first kappa shape index (κ1) is 14.1. The maximum atomic E-state index is 13.3. The molecule has 4 heteroatoms. The van der Waals surface area contributed by atoms with Gasteiger partial charge in [-0.05, 0) is 43.2 Å². The monoisotopic (exact) mass is 266 g/mol. The predicted octanol–water partition coefficient (Wildman–Crippen LogP) is 3.15. The van der Waals surface area contributed by atoms with Crippen molar-refractivity contribution < 1.29 is 9.50 Å². The van der Waals surface area contributed by atoms with E-state index in [9.17, 15) is 9.50 Å². The summed E-state index contributed by atoms with van der Waals surface area (Å²) in [6, 6.07) is 4.68. The number of aliphatic hydroxyl groups is 1. The lowest BCUT2D eigenvalue weighted by atomic mass is 9.71. The minimum atomic E-state index is -0.714. The molecule has 1 aliphatic carbocycles. The number of nitrogens with one attached hydrogen (secondary N) is 1. The SMILES string of the molecule is CC1(C)CCC(O)(CNc2cccc(F)c2N)CC1. The van der Waals surface area contributed by atoms with Crippen molar-refractivity contribution in [1.29, 1.82) is 0 Å². The predicted molar refractivity (Wildman–Crippen MR) is 76.5 cm³/mol. The van der Waals surface area contributed by atoms with Crippen LogP contribution in [0.25, 0.3) is 0 Å². The van der Waals surface area contributed by atoms with Gasteiger partial charge in [-0.25, -0.2) is 4.39 Å². The maximum absolute atomic E-state index is 13.3. The van der Waals surface area contributed by atoms with Crippen molar-refractivity contribution in [2.24, 2.45) is 5.41 Å². The Kier molecular flexibility index (Phi) is 3.72. The van der Waals surface area contributed by atoms with Crippen molar-refractivity contribution in [3.63, 3.8) is 0 Å². The van der Waals surface area contributed by atoms with Crippen molar-refractivity contribution >= 4 is 11.4 Å². The fourth-order valence-corrected chi connectivity index (χ4v) is 2.52. The van der Waals surface area contributed by atoms with Crippen LogP contribution in [-0.4, -0.2) is 17.3 Å². The zero-order valence-electron chi connectivity index (χ0n) is 11.7. The molecule has 0 spiro atoms. The molecule has 0 unspecified atom stereocenters. The number of nitrogens with two attached hydrogens (primary N) is 1. The average Bonchev–Trinajstić information content (AvgIpc) is 2.36. The second-order valence-corrected chi connectivity index (χ2v) is 6.44. The van der Waals surface area contributed by atoms with Gasteiger partial charge in [0.1, 0.15) is 5.82 Å². The summed E-state index contributed by atoms with van der Waals surface area (Å²) < 4.78 is 13.3. The van der Waals surface area contributed by atoms with Crippen molar-refractivity contribution in [1.82, 2.24) is 0 Å². The Morgan fingerprint density at radius 1 is 1.26 bits per heavy atom. The summed E-state index contributed by atoms with van der Waals surface area (Å²) in [7, 11) is 0. The van der Waals surface area contributed by atoms with Gasteiger partial charge in [0.2, 0.25) is 0 Å². The van der Waals surface area contributed by atoms with Gasteiger partial charge in [0.25, 0.3) is 0 Å². The highest BCUT2D eigenvalue weighted by Gasteiger charge is 2.36. The third-order valence-corrected chi connectivity index (χ3v) is 4.20. The molecule has 19 heavy (non-hydrogen) atoms. The van der Waals surface area contributed by atoms with E-state index in [1.807, 2.05) is 0 Å². The topological polar surface area (TPSA) is 58.3 Å². The van der Waals surface area contributed by atoms with E-state index in [4.69, 9.17) is 5.73 Å². The first-order valence-electron chi connectivity index (χ1n) is 6.82. The number of halogens is 1. The summed E-state index contributed by atoms with van der Waals surface area (Å²) in [4.78, 5) is 0. The van der Waals surface area contributed by atoms with Crippen molar-refractivity contribution in [2.75, 3.05) is 17.6 Å². The second-order valence-electron chi connectivity index (χ2n) is 6.44. The molecule has 0 bridgehead atoms. The number of hydrogen-bond donors (Lipinski definition) is 3. The first-order valence-corrected chi connectivity index (χ1v) is 6.82. The van der Waals surface area contributed by atoms with Crippen LogP contribution >= 0.6 is 0 Å². The lowest BCUT2D eigenvalue weighted by Gasteiger charge is -2.40. The maximum Gasteiger partial charge on any atom is 0.148 e. The van der Waals surface area contributed by atoms with E-state index in [-0.39, 0.29) is 5.69 Å². The molecule has 1 fully saturated rings. The number of nitrogen functional groups attached to an aromatic ring is 1. The van der Waals surface area contributed by atoms with Crippen LogP contribution < -0.4 is 11.1 Å². The van der Waals surface area contributed by atoms with E-state index < -0.39 is 11.4 Å². The molecule has 1 aliphatic rings. The first-order chi connectivity index (χ1) is 8.81. The summed E-state index contributed by atoms with van der Waals surface area (Å²) in [6.07, 6.45) is 3.54. The number of rotatable bonds is 3. The molecule has 0 saturated heterocycles. The van der Waals surface area contributed by atoms with Crippen molar-refractivity contribution in [2.45, 2.75) is 45.1 Å². The van der Waals surface area contributed by atoms with Gasteiger partial charge >= 0.3 is 0 Å². The van der Waals surface area contributed by atoms with Crippen molar-refractivity contribution in [3.8, 4) is 0 Å². The molecule has 4 N–H and O–H groups in total. The third kappa shape index (κ3) is 3.38. The lowest BCUT2D eigenvalue weighted by Crippen LogP contribution is -2.42. The largest absolute Gasteiger partial charge is 0.395 e. The van der Waals surface area contributed by atoms with E-state index in [2.05, 4.69) is 19.2 Å². The summed E-state index contributed by atoms with van der Waals surface area (Å²) in [5, 5.41) is 13.6. The highest BCUT2D eigenvalue weighted by atomic mass is 19.1. The van der Waals surface area contributed by atoms with Crippen molar-refractivity contribution in [3.05, 3.63) is 24.0 Å². The van der Waals surface area contributed by atoms with Crippen LogP contribution in [0, 0.1) is 11.2 Å². The quantitative estimate of drug-likeness (QED) is 0.737. The fraction of sp³-hybridized carbons (Fsp3) is 0.600. The molecular formula is C15H23FN2O. The second kappa shape index (κ2) is 5.00. The number of para-hydroxylation sites is 1. The third-order valence-electron chi connectivity index (χ3n) is 4.20. The molecule has 1 aromatic carbocycles. The molecule has 2 rings (SSSR count). The molecule has 0 heterocycles. The molecular weight excluding hydrogens is 243 g/mol. The van der Waals surface area contributed by atoms with Gasteiger partial charge in [-0.15, -0.1) is 0 Å². The Morgan fingerprint density at radius 3 is 2.53 bits per heavy atom. The zero-order valence-corrected chi connectivity index (χ0v) is 11.7. The van der Waals surface area contributed by atoms with Gasteiger partial charge in [-0.3, -0.25) is 0 Å². The van der Waals surface area contributed by atoms with Gasteiger partial charge in [-0.1, -0.05) is 19.9 Å². The molecule has 0 aliphatic heterocycles. The van der Waals surface area contributed by atoms with Crippen LogP contribution in [-0.2, 0) is 0 Å². The van der Waals surface area contributed by atoms with Crippen LogP contribution in [0.2, 0.25) is 0 Å². The van der Waals surface area contributed by atoms with Crippen LogP contribution in [0.3, 0.4) is 0 Å². The summed E-state index contributed by atoms with van der Waals surface area (Å²) in [6.45, 7) is 4.87. The minimum Gasteiger partial charge on any atom is -0.395 e. The normalized spacial score (nSPS) is 21.1. The van der Waals surface area contributed by atoms with E-state index in [1.165, 1.54) is 6.07 Å². The summed E-state index contributed by atoms with van der Waals surface area (Å²) in [5.41, 5.74) is 5.93. The van der Waals surface area contributed by atoms with Gasteiger partial charge in [0.05, 0.1) is 17.0 Å². The molecule has 0 aromatic heterocycles. The fourth-order valence-electron chi connectivity index (χ4n) is 2.52. The highest BCUT2D eigenvalue weighted by molar-refractivity contribution is 5.66. The lowest BCUT2D eigenvalue weighted by molar-refractivity contribution is -0.0145. The molecule has 1 saturated carbocycles. The Morgan fingerprint density at radius 2 is 1.89 bits per heavy atom. The Hall–Kier alpha value is -1.29. The van der Waals surface area contributed by atoms with E-state index >= 15 is 0 Å². The Labute approximate surface area is 114 Å². The van der Waals surface area contributed by atoms with E-state index in [0.29, 0.717) is 17.6 Å². The van der Waals surface area contributed by atoms with E-state index in [0.717, 1.165) is 25.7 Å². The van der Waals surface area contributed by atoms with E-state index in [1.54, 1.807) is 12.1 Å². The number of benzene rings is 1. The Balaban J connectivity index is 1.97. The summed E-state index contributed by atoms with van der Waals surface area (Å²) in [5.74, 6) is -0.429. The number of anilines is 2. The van der Waals surface area contributed by atoms with Crippen LogP contribution in [0.1, 0.15) is 39.5 Å². The number of hydrogen-bond acceptors (Lipinski definition) is 3. The average molecular weight is 266 g/mol. The molecule has 0 radical (unpaired) electrons. The molecule has 0 atom stereocenters. The van der Waals surface area contributed by atoms with Gasteiger partial charge < -0.3 is 16.2 Å². The molecule has 1 aromatic rings. The zero-order chi connectivity index (χ0) is 14.1. The highest BCUT2D eigenvalue weighted by Crippen LogP contribution is 2.40. The van der Waals surface area contributed by atoms with Crippen LogP contribution in [0.15, 0.2) is 18.2 Å². The van der Waals surface area contributed by atoms with Gasteiger partial charge in [-0.2, -0.15) is 0 Å². The standard InChI is InChI=1S/C15H23FN2O/c1-14(2)6-8-15(19,9-7-14)10-18-12-5-3-4-11(16)13(12)17/h3-5,18-19H,6-10,17H2,1-2H3. The molecule has 106 valence electrons.